The summed E-state index contributed by atoms with van der Waals surface area (Å²) in [5.41, 5.74) is 1.38. The van der Waals surface area contributed by atoms with E-state index in [1.54, 1.807) is 38.1 Å². The van der Waals surface area contributed by atoms with E-state index >= 15 is 0 Å². The lowest BCUT2D eigenvalue weighted by molar-refractivity contribution is -0.139. The molecule has 9 nitrogen and oxygen atoms in total. The van der Waals surface area contributed by atoms with Crippen LogP contribution in [0.15, 0.2) is 63.5 Å². The van der Waals surface area contributed by atoms with Gasteiger partial charge in [0.05, 0.1) is 41.6 Å². The maximum Gasteiger partial charge on any atom is 0.338 e. The van der Waals surface area contributed by atoms with Crippen LogP contribution in [-0.4, -0.2) is 35.3 Å². The molecule has 0 saturated carbocycles. The van der Waals surface area contributed by atoms with E-state index in [0.29, 0.717) is 32.0 Å². The van der Waals surface area contributed by atoms with Crippen LogP contribution in [0.3, 0.4) is 0 Å². The molecule has 0 aliphatic carbocycles. The number of hydrogen-bond acceptors (Lipinski definition) is 8. The topological polar surface area (TPSA) is 119 Å². The number of thiazole rings is 1. The number of halogens is 1. The van der Waals surface area contributed by atoms with Crippen LogP contribution < -0.4 is 24.9 Å². The molecule has 2 aromatic carbocycles. The predicted octanol–water partition coefficient (Wildman–Crippen LogP) is 3.18. The Hall–Kier alpha value is -3.89. The molecule has 36 heavy (non-hydrogen) atoms. The summed E-state index contributed by atoms with van der Waals surface area (Å²) in [6, 6.07) is 10.8. The third-order valence-electron chi connectivity index (χ3n) is 5.49. The van der Waals surface area contributed by atoms with E-state index in [4.69, 9.17) is 21.1 Å². The van der Waals surface area contributed by atoms with Gasteiger partial charge in [0.2, 0.25) is 0 Å². The van der Waals surface area contributed by atoms with Gasteiger partial charge >= 0.3 is 11.9 Å². The van der Waals surface area contributed by atoms with Crippen LogP contribution in [0, 0.1) is 0 Å². The Morgan fingerprint density at radius 2 is 2.06 bits per heavy atom. The monoisotopic (exact) mass is 527 g/mol. The Labute approximate surface area is 214 Å². The number of carboxylic acids is 1. The molecule has 1 aromatic heterocycles. The third kappa shape index (κ3) is 4.77. The SMILES string of the molecule is CCOC(=O)C1=C(C)N=c2s/c(=C\Nc3ccc(Cl)c(C(=O)O)c3)c(=O)n2[C@@H]1c1cccc(OC)c1. The van der Waals surface area contributed by atoms with E-state index in [1.807, 2.05) is 6.07 Å². The Bertz CT molecular complexity index is 1570. The minimum absolute atomic E-state index is 0.0655. The second-order valence-electron chi connectivity index (χ2n) is 7.72. The quantitative estimate of drug-likeness (QED) is 0.453. The fourth-order valence-corrected chi connectivity index (χ4v) is 5.01. The first-order chi connectivity index (χ1) is 17.2. The highest BCUT2D eigenvalue weighted by molar-refractivity contribution is 7.07. The zero-order chi connectivity index (χ0) is 26.0. The van der Waals surface area contributed by atoms with Gasteiger partial charge < -0.3 is 19.9 Å². The number of anilines is 1. The number of aromatic carboxylic acids is 1. The van der Waals surface area contributed by atoms with Gasteiger partial charge in [0.15, 0.2) is 4.80 Å². The molecule has 0 bridgehead atoms. The van der Waals surface area contributed by atoms with Crippen molar-refractivity contribution in [1.29, 1.82) is 0 Å². The first kappa shape index (κ1) is 25.2. The predicted molar refractivity (Wildman–Crippen MR) is 136 cm³/mol. The molecule has 1 aliphatic heterocycles. The van der Waals surface area contributed by atoms with Crippen molar-refractivity contribution >= 4 is 46.8 Å². The van der Waals surface area contributed by atoms with Gasteiger partial charge in [0.25, 0.3) is 5.56 Å². The number of carbonyl (C=O) groups excluding carboxylic acids is 1. The molecular formula is C25H22ClN3O6S. The van der Waals surface area contributed by atoms with Crippen molar-refractivity contribution in [3.63, 3.8) is 0 Å². The van der Waals surface area contributed by atoms with E-state index in [2.05, 4.69) is 10.3 Å². The molecular weight excluding hydrogens is 506 g/mol. The van der Waals surface area contributed by atoms with Crippen molar-refractivity contribution in [1.82, 2.24) is 4.57 Å². The molecule has 0 saturated heterocycles. The number of nitrogens with one attached hydrogen (secondary N) is 1. The number of carbonyl (C=O) groups is 2. The molecule has 0 amide bonds. The standard InChI is InChI=1S/C25H22ClN3O6S/c1-4-35-24(33)20-13(2)28-25-29(21(20)14-6-5-7-16(10-14)34-3)22(30)19(36-25)12-27-15-8-9-18(26)17(11-15)23(31)32/h5-12,21,27H,4H2,1-3H3,(H,31,32)/b19-12-/t21-/m1/s1. The largest absolute Gasteiger partial charge is 0.497 e. The van der Waals surface area contributed by atoms with Gasteiger partial charge in [-0.3, -0.25) is 9.36 Å². The molecule has 1 atom stereocenters. The molecule has 186 valence electrons. The summed E-state index contributed by atoms with van der Waals surface area (Å²) in [5.74, 6) is -1.14. The number of carboxylic acid groups (broad SMARTS) is 1. The lowest BCUT2D eigenvalue weighted by Crippen LogP contribution is -2.40. The number of ether oxygens (including phenoxy) is 2. The van der Waals surface area contributed by atoms with E-state index in [0.717, 1.165) is 11.3 Å². The number of benzene rings is 2. The van der Waals surface area contributed by atoms with Gasteiger partial charge in [-0.25, -0.2) is 14.6 Å². The zero-order valence-electron chi connectivity index (χ0n) is 19.6. The summed E-state index contributed by atoms with van der Waals surface area (Å²) in [5, 5.41) is 12.4. The van der Waals surface area contributed by atoms with E-state index < -0.39 is 18.0 Å². The highest BCUT2D eigenvalue weighted by Gasteiger charge is 2.33. The van der Waals surface area contributed by atoms with Gasteiger partial charge in [0, 0.05) is 11.9 Å². The van der Waals surface area contributed by atoms with Crippen LogP contribution in [-0.2, 0) is 9.53 Å². The molecule has 2 N–H and O–H groups in total. The summed E-state index contributed by atoms with van der Waals surface area (Å²) >= 11 is 7.08. The van der Waals surface area contributed by atoms with Gasteiger partial charge in [-0.15, -0.1) is 0 Å². The summed E-state index contributed by atoms with van der Waals surface area (Å²) in [4.78, 5) is 42.8. The number of esters is 1. The Morgan fingerprint density at radius 3 is 2.75 bits per heavy atom. The minimum atomic E-state index is -1.16. The fourth-order valence-electron chi connectivity index (χ4n) is 3.85. The van der Waals surface area contributed by atoms with E-state index in [-0.39, 0.29) is 28.3 Å². The maximum absolute atomic E-state index is 13.6. The molecule has 0 fully saturated rings. The lowest BCUT2D eigenvalue weighted by Gasteiger charge is -2.24. The van der Waals surface area contributed by atoms with Crippen molar-refractivity contribution in [3.8, 4) is 5.75 Å². The highest BCUT2D eigenvalue weighted by Crippen LogP contribution is 2.32. The molecule has 11 heteroatoms. The average molecular weight is 528 g/mol. The summed E-state index contributed by atoms with van der Waals surface area (Å²) in [6.07, 6.45) is 1.48. The van der Waals surface area contributed by atoms with Crippen molar-refractivity contribution in [2.45, 2.75) is 19.9 Å². The van der Waals surface area contributed by atoms with Gasteiger partial charge in [0.1, 0.15) is 10.3 Å². The number of aromatic nitrogens is 1. The second kappa shape index (κ2) is 10.4. The molecule has 3 aromatic rings. The van der Waals surface area contributed by atoms with Crippen LogP contribution in [0.4, 0.5) is 5.69 Å². The number of hydrogen-bond donors (Lipinski definition) is 2. The summed E-state index contributed by atoms with van der Waals surface area (Å²) in [7, 11) is 1.54. The maximum atomic E-state index is 13.6. The molecule has 0 unspecified atom stereocenters. The molecule has 0 radical (unpaired) electrons. The van der Waals surface area contributed by atoms with E-state index in [9.17, 15) is 19.5 Å². The number of nitrogens with zero attached hydrogens (tertiary/aromatic N) is 2. The number of methoxy groups -OCH3 is 1. The second-order valence-corrected chi connectivity index (χ2v) is 9.14. The van der Waals surface area contributed by atoms with Gasteiger partial charge in [-0.2, -0.15) is 0 Å². The van der Waals surface area contributed by atoms with Crippen molar-refractivity contribution < 1.29 is 24.2 Å². The summed E-state index contributed by atoms with van der Waals surface area (Å²) in [6.45, 7) is 3.59. The van der Waals surface area contributed by atoms with Gasteiger partial charge in [-0.05, 0) is 49.7 Å². The van der Waals surface area contributed by atoms with Crippen molar-refractivity contribution in [2.24, 2.45) is 4.99 Å². The third-order valence-corrected chi connectivity index (χ3v) is 6.81. The van der Waals surface area contributed by atoms with Crippen LogP contribution in [0.25, 0.3) is 6.20 Å². The normalized spacial score (nSPS) is 15.2. The number of fused-ring (bicyclic) bond motifs is 1. The number of rotatable bonds is 7. The van der Waals surface area contributed by atoms with Crippen LogP contribution in [0.5, 0.6) is 5.75 Å². The first-order valence-corrected chi connectivity index (χ1v) is 12.1. The van der Waals surface area contributed by atoms with Crippen molar-refractivity contribution in [3.05, 3.63) is 89.6 Å². The zero-order valence-corrected chi connectivity index (χ0v) is 21.1. The minimum Gasteiger partial charge on any atom is -0.497 e. The van der Waals surface area contributed by atoms with Gasteiger partial charge in [-0.1, -0.05) is 35.1 Å². The van der Waals surface area contributed by atoms with Crippen LogP contribution in [0.1, 0.15) is 35.8 Å². The van der Waals surface area contributed by atoms with Crippen LogP contribution >= 0.6 is 22.9 Å². The Kier molecular flexibility index (Phi) is 7.27. The lowest BCUT2D eigenvalue weighted by atomic mass is 9.95. The highest BCUT2D eigenvalue weighted by atomic mass is 35.5. The fraction of sp³-hybridized carbons (Fsp3) is 0.200. The van der Waals surface area contributed by atoms with E-state index in [1.165, 1.54) is 30.0 Å². The summed E-state index contributed by atoms with van der Waals surface area (Å²) < 4.78 is 12.4. The van der Waals surface area contributed by atoms with Crippen molar-refractivity contribution in [2.75, 3.05) is 19.0 Å². The molecule has 0 spiro atoms. The Morgan fingerprint density at radius 1 is 1.28 bits per heavy atom. The number of allylic oxidation sites excluding steroid dienone is 1. The molecule has 1 aliphatic rings. The van der Waals surface area contributed by atoms with Crippen LogP contribution in [0.2, 0.25) is 5.02 Å². The average Bonchev–Trinajstić information content (AvgIpc) is 3.17. The smallest absolute Gasteiger partial charge is 0.338 e. The molecule has 2 heterocycles. The molecule has 4 rings (SSSR count). The Balaban J connectivity index is 1.85. The first-order valence-electron chi connectivity index (χ1n) is 10.9.